The lowest BCUT2D eigenvalue weighted by Gasteiger charge is -2.67. The van der Waals surface area contributed by atoms with Gasteiger partial charge in [0.05, 0.1) is 24.9 Å². The maximum absolute atomic E-state index is 12.3. The molecule has 156 valence electrons. The lowest BCUT2D eigenvalue weighted by molar-refractivity contribution is -0.302. The average Bonchev–Trinajstić information content (AvgIpc) is 3.23. The number of terminal acetylenes is 1. The topological polar surface area (TPSA) is 58.9 Å². The Bertz CT molecular complexity index is 679. The summed E-state index contributed by atoms with van der Waals surface area (Å²) in [6, 6.07) is 0. The molecule has 5 aliphatic rings. The fourth-order valence-corrected chi connectivity index (χ4v) is 8.53. The molecule has 8 atom stereocenters. The predicted molar refractivity (Wildman–Crippen MR) is 106 cm³/mol. The number of rotatable bonds is 1. The Morgan fingerprint density at radius 1 is 1.04 bits per heavy atom. The molecule has 0 aromatic rings. The monoisotopic (exact) mass is 388 g/mol. The summed E-state index contributed by atoms with van der Waals surface area (Å²) >= 11 is 0. The maximum Gasteiger partial charge on any atom is 0.171 e. The van der Waals surface area contributed by atoms with Gasteiger partial charge in [-0.15, -0.1) is 12.3 Å². The van der Waals surface area contributed by atoms with Gasteiger partial charge in [0.25, 0.3) is 0 Å². The second-order valence-corrected chi connectivity index (χ2v) is 11.0. The summed E-state index contributed by atoms with van der Waals surface area (Å²) in [6.07, 6.45) is 13.8. The zero-order valence-corrected chi connectivity index (χ0v) is 17.5. The Morgan fingerprint density at radius 2 is 1.79 bits per heavy atom. The van der Waals surface area contributed by atoms with Gasteiger partial charge < -0.3 is 19.7 Å². The molecule has 4 aliphatic carbocycles. The molecule has 4 saturated carbocycles. The molecule has 28 heavy (non-hydrogen) atoms. The molecule has 1 heterocycles. The van der Waals surface area contributed by atoms with Crippen LogP contribution in [-0.4, -0.2) is 40.9 Å². The van der Waals surface area contributed by atoms with Gasteiger partial charge in [0.15, 0.2) is 5.79 Å². The summed E-state index contributed by atoms with van der Waals surface area (Å²) < 4.78 is 12.1. The summed E-state index contributed by atoms with van der Waals surface area (Å²) in [5, 5.41) is 23.0. The zero-order valence-electron chi connectivity index (χ0n) is 17.5. The van der Waals surface area contributed by atoms with Crippen molar-refractivity contribution in [2.24, 2.45) is 34.5 Å². The van der Waals surface area contributed by atoms with E-state index < -0.39 is 11.4 Å². The normalized spacial score (nSPS) is 54.6. The molecule has 0 unspecified atom stereocenters. The van der Waals surface area contributed by atoms with Crippen LogP contribution in [0.15, 0.2) is 0 Å². The Morgan fingerprint density at radius 3 is 2.50 bits per heavy atom. The number of aliphatic hydroxyl groups excluding tert-OH is 1. The van der Waals surface area contributed by atoms with Crippen LogP contribution in [0.3, 0.4) is 0 Å². The molecule has 5 fully saturated rings. The van der Waals surface area contributed by atoms with Crippen LogP contribution in [0.25, 0.3) is 0 Å². The van der Waals surface area contributed by atoms with Crippen LogP contribution in [0.1, 0.15) is 71.6 Å². The fraction of sp³-hybridized carbons (Fsp3) is 0.917. The summed E-state index contributed by atoms with van der Waals surface area (Å²) in [4.78, 5) is 0. The van der Waals surface area contributed by atoms with Crippen LogP contribution < -0.4 is 0 Å². The summed E-state index contributed by atoms with van der Waals surface area (Å²) in [7, 11) is 0. The van der Waals surface area contributed by atoms with Crippen molar-refractivity contribution in [3.63, 3.8) is 0 Å². The molecular formula is C24H36O4. The molecule has 1 spiro atoms. The van der Waals surface area contributed by atoms with E-state index in [-0.39, 0.29) is 22.9 Å². The third-order valence-electron chi connectivity index (χ3n) is 10.2. The highest BCUT2D eigenvalue weighted by Crippen LogP contribution is 2.70. The van der Waals surface area contributed by atoms with E-state index >= 15 is 0 Å². The highest BCUT2D eigenvalue weighted by atomic mass is 16.7. The van der Waals surface area contributed by atoms with Crippen molar-refractivity contribution in [2.75, 3.05) is 13.2 Å². The number of hydrogen-bond acceptors (Lipinski definition) is 4. The minimum atomic E-state index is -0.839. The largest absolute Gasteiger partial charge is 0.393 e. The van der Waals surface area contributed by atoms with Crippen LogP contribution in [0.5, 0.6) is 0 Å². The summed E-state index contributed by atoms with van der Waals surface area (Å²) in [5.74, 6) is 3.94. The van der Waals surface area contributed by atoms with E-state index in [0.29, 0.717) is 43.8 Å². The summed E-state index contributed by atoms with van der Waals surface area (Å²) in [5.41, 5.74) is -0.956. The van der Waals surface area contributed by atoms with Gasteiger partial charge in [0.2, 0.25) is 0 Å². The van der Waals surface area contributed by atoms with E-state index in [0.717, 1.165) is 44.9 Å². The van der Waals surface area contributed by atoms with Crippen LogP contribution in [-0.2, 0) is 9.47 Å². The highest BCUT2D eigenvalue weighted by molar-refractivity contribution is 5.19. The first-order valence-corrected chi connectivity index (χ1v) is 11.4. The Balaban J connectivity index is 1.53. The van der Waals surface area contributed by atoms with Crippen LogP contribution in [0.2, 0.25) is 0 Å². The quantitative estimate of drug-likeness (QED) is 0.675. The highest BCUT2D eigenvalue weighted by Gasteiger charge is 2.69. The van der Waals surface area contributed by atoms with Crippen molar-refractivity contribution in [3.05, 3.63) is 0 Å². The molecule has 0 radical (unpaired) electrons. The number of hydrogen-bond donors (Lipinski definition) is 2. The smallest absolute Gasteiger partial charge is 0.171 e. The van der Waals surface area contributed by atoms with Gasteiger partial charge in [0, 0.05) is 24.7 Å². The minimum Gasteiger partial charge on any atom is -0.393 e. The fourth-order valence-electron chi connectivity index (χ4n) is 8.53. The van der Waals surface area contributed by atoms with Gasteiger partial charge in [-0.05, 0) is 67.6 Å². The van der Waals surface area contributed by atoms with Gasteiger partial charge in [-0.3, -0.25) is 0 Å². The van der Waals surface area contributed by atoms with Crippen molar-refractivity contribution in [3.8, 4) is 12.3 Å². The number of aliphatic hydroxyl groups is 2. The first-order valence-electron chi connectivity index (χ1n) is 11.4. The second-order valence-electron chi connectivity index (χ2n) is 11.0. The van der Waals surface area contributed by atoms with E-state index in [1.807, 2.05) is 0 Å². The van der Waals surface area contributed by atoms with Crippen LogP contribution in [0.4, 0.5) is 0 Å². The molecule has 4 heteroatoms. The molecule has 0 aromatic carbocycles. The van der Waals surface area contributed by atoms with Gasteiger partial charge in [0.1, 0.15) is 0 Å². The van der Waals surface area contributed by atoms with Crippen LogP contribution >= 0.6 is 0 Å². The molecule has 0 bridgehead atoms. The second kappa shape index (κ2) is 6.20. The molecule has 2 N–H and O–H groups in total. The van der Waals surface area contributed by atoms with Crippen molar-refractivity contribution in [2.45, 2.75) is 89.1 Å². The Labute approximate surface area is 169 Å². The summed E-state index contributed by atoms with van der Waals surface area (Å²) in [6.45, 7) is 5.87. The Hall–Kier alpha value is -0.600. The third kappa shape index (κ3) is 2.34. The molecule has 0 amide bonds. The van der Waals surface area contributed by atoms with Gasteiger partial charge in [-0.2, -0.15) is 0 Å². The molecule has 4 nitrogen and oxygen atoms in total. The average molecular weight is 389 g/mol. The molecule has 1 saturated heterocycles. The van der Waals surface area contributed by atoms with E-state index in [2.05, 4.69) is 19.8 Å². The first kappa shape index (κ1) is 19.4. The lowest BCUT2D eigenvalue weighted by Crippen LogP contribution is -2.68. The van der Waals surface area contributed by atoms with Crippen LogP contribution in [0, 0.1) is 46.8 Å². The van der Waals surface area contributed by atoms with E-state index in [4.69, 9.17) is 15.9 Å². The Kier molecular flexibility index (Phi) is 4.29. The van der Waals surface area contributed by atoms with Gasteiger partial charge >= 0.3 is 0 Å². The number of fused-ring (bicyclic) bond motifs is 5. The minimum absolute atomic E-state index is 0.0429. The number of ether oxygens (including phenoxy) is 2. The standard InChI is InChI=1S/C24H36O4/c1-4-5-16-14-17-18-6-7-20(25)21(18,2)9-8-19(17)22(3)10-11-23(15-24(16,22)26)27-12-13-28-23/h1,16-20,25-26H,5-15H2,2-3H3/t16-,17+,18+,19+,20+,21+,22-,24+/m1/s1. The first-order chi connectivity index (χ1) is 13.3. The zero-order chi connectivity index (χ0) is 19.8. The molecule has 0 aromatic heterocycles. The van der Waals surface area contributed by atoms with Crippen molar-refractivity contribution >= 4 is 0 Å². The van der Waals surface area contributed by atoms with Crippen molar-refractivity contribution in [1.29, 1.82) is 0 Å². The van der Waals surface area contributed by atoms with Gasteiger partial charge in [-0.1, -0.05) is 13.8 Å². The molecular weight excluding hydrogens is 352 g/mol. The van der Waals surface area contributed by atoms with E-state index in [9.17, 15) is 10.2 Å². The molecule has 1 aliphatic heterocycles. The van der Waals surface area contributed by atoms with Crippen molar-refractivity contribution in [1.82, 2.24) is 0 Å². The van der Waals surface area contributed by atoms with E-state index in [1.165, 1.54) is 0 Å². The third-order valence-corrected chi connectivity index (χ3v) is 10.2. The lowest BCUT2D eigenvalue weighted by atomic mass is 9.40. The van der Waals surface area contributed by atoms with Crippen molar-refractivity contribution < 1.29 is 19.7 Å². The molecule has 5 rings (SSSR count). The van der Waals surface area contributed by atoms with E-state index in [1.54, 1.807) is 0 Å². The maximum atomic E-state index is 12.3. The SMILES string of the molecule is C#CC[C@@H]1C[C@H]2[C@@H]3CC[C@H](O)[C@@]3(C)CC[C@@H]2[C@@]2(C)CCC3(C[C@]12O)OCCO3. The predicted octanol–water partition coefficient (Wildman–Crippen LogP) is 3.50. The van der Waals surface area contributed by atoms with Gasteiger partial charge in [-0.25, -0.2) is 0 Å².